The number of carbonyl (C=O) groups is 1. The normalized spacial score (nSPS) is 11.1. The maximum absolute atomic E-state index is 13.1. The summed E-state index contributed by atoms with van der Waals surface area (Å²) < 4.78 is 0. The van der Waals surface area contributed by atoms with Crippen LogP contribution in [0.5, 0.6) is 0 Å². The Balaban J connectivity index is 2.27. The van der Waals surface area contributed by atoms with Gasteiger partial charge in [0.15, 0.2) is 0 Å². The molecule has 0 aromatic heterocycles. The van der Waals surface area contributed by atoms with Gasteiger partial charge in [-0.15, -0.1) is 11.8 Å². The van der Waals surface area contributed by atoms with Crippen LogP contribution >= 0.6 is 11.8 Å². The average Bonchev–Trinajstić information content (AvgIpc) is 2.67. The molecule has 1 amide bonds. The third-order valence-corrected chi connectivity index (χ3v) is 4.88. The van der Waals surface area contributed by atoms with Crippen LogP contribution in [0.15, 0.2) is 65.6 Å². The van der Waals surface area contributed by atoms with E-state index in [9.17, 15) is 4.79 Å². The number of amides is 1. The fraction of sp³-hybridized carbons (Fsp3) is 0.250. The smallest absolute Gasteiger partial charge is 0.240 e. The van der Waals surface area contributed by atoms with Crippen molar-refractivity contribution in [3.05, 3.63) is 66.2 Å². The summed E-state index contributed by atoms with van der Waals surface area (Å²) in [6.45, 7) is 0.686. The fourth-order valence-corrected chi connectivity index (χ4v) is 3.52. The molecule has 2 rings (SSSR count). The van der Waals surface area contributed by atoms with Gasteiger partial charge >= 0.3 is 0 Å². The maximum atomic E-state index is 13.1. The van der Waals surface area contributed by atoms with E-state index >= 15 is 0 Å². The van der Waals surface area contributed by atoms with E-state index in [0.29, 0.717) is 13.1 Å². The highest BCUT2D eigenvalue weighted by molar-refractivity contribution is 8.00. The highest BCUT2D eigenvalue weighted by Crippen LogP contribution is 2.36. The molecule has 2 aromatic carbocycles. The summed E-state index contributed by atoms with van der Waals surface area (Å²) in [6, 6.07) is 23.5. The molecule has 5 heteroatoms. The summed E-state index contributed by atoms with van der Waals surface area (Å²) in [5.41, 5.74) is 0.917. The van der Waals surface area contributed by atoms with Gasteiger partial charge in [0.1, 0.15) is 5.25 Å². The molecular formula is C20H19N3OS. The van der Waals surface area contributed by atoms with Gasteiger partial charge in [-0.05, 0) is 17.7 Å². The van der Waals surface area contributed by atoms with Crippen LogP contribution < -0.4 is 0 Å². The van der Waals surface area contributed by atoms with Gasteiger partial charge in [0, 0.05) is 18.0 Å². The predicted octanol–water partition coefficient (Wildman–Crippen LogP) is 4.18. The number of hydrogen-bond donors (Lipinski definition) is 0. The molecule has 0 radical (unpaired) electrons. The lowest BCUT2D eigenvalue weighted by Gasteiger charge is -2.26. The van der Waals surface area contributed by atoms with Crippen LogP contribution in [0.1, 0.15) is 23.7 Å². The van der Waals surface area contributed by atoms with Gasteiger partial charge in [0.05, 0.1) is 25.0 Å². The van der Waals surface area contributed by atoms with Crippen LogP contribution in [0.2, 0.25) is 0 Å². The summed E-state index contributed by atoms with van der Waals surface area (Å²) in [4.78, 5) is 15.8. The zero-order valence-corrected chi connectivity index (χ0v) is 14.7. The average molecular weight is 349 g/mol. The molecule has 0 bridgehead atoms. The minimum absolute atomic E-state index is 0.0643. The largest absolute Gasteiger partial charge is 0.339 e. The molecule has 0 unspecified atom stereocenters. The number of nitriles is 2. The third-order valence-electron chi connectivity index (χ3n) is 3.62. The summed E-state index contributed by atoms with van der Waals surface area (Å²) in [6.07, 6.45) is 0.517. The first-order valence-electron chi connectivity index (χ1n) is 8.05. The Morgan fingerprint density at radius 2 is 1.44 bits per heavy atom. The zero-order chi connectivity index (χ0) is 17.9. The Morgan fingerprint density at radius 3 is 1.96 bits per heavy atom. The Morgan fingerprint density at radius 1 is 0.920 bits per heavy atom. The number of hydrogen-bond acceptors (Lipinski definition) is 4. The van der Waals surface area contributed by atoms with Crippen molar-refractivity contribution in [2.75, 3.05) is 13.1 Å². The molecule has 1 atom stereocenters. The molecule has 0 N–H and O–H groups in total. The van der Waals surface area contributed by atoms with Crippen LogP contribution in [0.4, 0.5) is 0 Å². The second kappa shape index (κ2) is 10.2. The Bertz CT molecular complexity index is 732. The van der Waals surface area contributed by atoms with Crippen molar-refractivity contribution in [2.45, 2.75) is 23.0 Å². The molecule has 126 valence electrons. The standard InChI is InChI=1S/C20H19N3OS/c21-13-7-15-23(16-8-14-22)20(24)19(17-9-3-1-4-10-17)25-18-11-5-2-6-12-18/h1-6,9-12,19H,7-8,15-16H2/t19-/m0/s1. The van der Waals surface area contributed by atoms with Crippen molar-refractivity contribution in [1.82, 2.24) is 4.90 Å². The molecule has 4 nitrogen and oxygen atoms in total. The van der Waals surface area contributed by atoms with E-state index in [2.05, 4.69) is 12.1 Å². The van der Waals surface area contributed by atoms with Crippen molar-refractivity contribution >= 4 is 17.7 Å². The first-order valence-corrected chi connectivity index (χ1v) is 8.93. The SMILES string of the molecule is N#CCCN(CCC#N)C(=O)[C@@H](Sc1ccccc1)c1ccccc1. The number of carbonyl (C=O) groups excluding carboxylic acids is 1. The lowest BCUT2D eigenvalue weighted by Crippen LogP contribution is -2.35. The lowest BCUT2D eigenvalue weighted by molar-refractivity contribution is -0.130. The van der Waals surface area contributed by atoms with E-state index in [4.69, 9.17) is 10.5 Å². The van der Waals surface area contributed by atoms with Crippen molar-refractivity contribution in [3.63, 3.8) is 0 Å². The van der Waals surface area contributed by atoms with Crippen molar-refractivity contribution in [1.29, 1.82) is 10.5 Å². The topological polar surface area (TPSA) is 67.9 Å². The molecule has 0 fully saturated rings. The van der Waals surface area contributed by atoms with Crippen LogP contribution in [-0.2, 0) is 4.79 Å². The van der Waals surface area contributed by atoms with E-state index in [0.717, 1.165) is 10.5 Å². The van der Waals surface area contributed by atoms with E-state index in [1.807, 2.05) is 60.7 Å². The summed E-state index contributed by atoms with van der Waals surface area (Å²) in [5.74, 6) is -0.0643. The second-order valence-electron chi connectivity index (χ2n) is 5.36. The summed E-state index contributed by atoms with van der Waals surface area (Å²) >= 11 is 1.49. The van der Waals surface area contributed by atoms with Gasteiger partial charge in [-0.2, -0.15) is 10.5 Å². The molecule has 0 heterocycles. The molecule has 25 heavy (non-hydrogen) atoms. The summed E-state index contributed by atoms with van der Waals surface area (Å²) in [5, 5.41) is 17.3. The van der Waals surface area contributed by atoms with Gasteiger partial charge in [0.25, 0.3) is 0 Å². The lowest BCUT2D eigenvalue weighted by atomic mass is 10.1. The molecule has 0 aliphatic rings. The maximum Gasteiger partial charge on any atom is 0.240 e. The quantitative estimate of drug-likeness (QED) is 0.671. The van der Waals surface area contributed by atoms with E-state index in [1.54, 1.807) is 4.90 Å². The Kier molecular flexibility index (Phi) is 7.56. The monoisotopic (exact) mass is 349 g/mol. The fourth-order valence-electron chi connectivity index (χ4n) is 2.39. The highest BCUT2D eigenvalue weighted by atomic mass is 32.2. The van der Waals surface area contributed by atoms with Crippen LogP contribution in [0.25, 0.3) is 0 Å². The number of nitrogens with zero attached hydrogens (tertiary/aromatic N) is 3. The van der Waals surface area contributed by atoms with Crippen molar-refractivity contribution in [2.24, 2.45) is 0 Å². The van der Waals surface area contributed by atoms with Crippen LogP contribution in [0, 0.1) is 22.7 Å². The van der Waals surface area contributed by atoms with Gasteiger partial charge in [0.2, 0.25) is 5.91 Å². The third kappa shape index (κ3) is 5.67. The highest BCUT2D eigenvalue weighted by Gasteiger charge is 2.26. The first-order chi connectivity index (χ1) is 12.3. The van der Waals surface area contributed by atoms with E-state index in [1.165, 1.54) is 11.8 Å². The minimum Gasteiger partial charge on any atom is -0.339 e. The zero-order valence-electron chi connectivity index (χ0n) is 13.8. The van der Waals surface area contributed by atoms with Crippen molar-refractivity contribution in [3.8, 4) is 12.1 Å². The molecule has 2 aromatic rings. The molecular weight excluding hydrogens is 330 g/mol. The van der Waals surface area contributed by atoms with Gasteiger partial charge < -0.3 is 4.90 Å². The van der Waals surface area contributed by atoms with Crippen LogP contribution in [-0.4, -0.2) is 23.9 Å². The first kappa shape index (κ1) is 18.6. The summed E-state index contributed by atoms with van der Waals surface area (Å²) in [7, 11) is 0. The molecule has 0 saturated heterocycles. The minimum atomic E-state index is -0.402. The van der Waals surface area contributed by atoms with E-state index in [-0.39, 0.29) is 18.7 Å². The second-order valence-corrected chi connectivity index (χ2v) is 6.54. The molecule has 0 saturated carbocycles. The van der Waals surface area contributed by atoms with Crippen molar-refractivity contribution < 1.29 is 4.79 Å². The van der Waals surface area contributed by atoms with Gasteiger partial charge in [-0.25, -0.2) is 0 Å². The predicted molar refractivity (Wildman–Crippen MR) is 98.5 cm³/mol. The molecule has 0 spiro atoms. The van der Waals surface area contributed by atoms with Crippen LogP contribution in [0.3, 0.4) is 0 Å². The number of thioether (sulfide) groups is 1. The Labute approximate surface area is 152 Å². The number of rotatable bonds is 8. The van der Waals surface area contributed by atoms with Gasteiger partial charge in [-0.3, -0.25) is 4.79 Å². The Hall–Kier alpha value is -2.76. The number of benzene rings is 2. The molecule has 0 aliphatic carbocycles. The molecule has 0 aliphatic heterocycles. The van der Waals surface area contributed by atoms with E-state index < -0.39 is 5.25 Å². The van der Waals surface area contributed by atoms with Gasteiger partial charge in [-0.1, -0.05) is 48.5 Å².